The molecule has 382 valence electrons. The van der Waals surface area contributed by atoms with Gasteiger partial charge >= 0.3 is 11.9 Å². The van der Waals surface area contributed by atoms with Crippen molar-refractivity contribution in [2.75, 3.05) is 13.2 Å². The van der Waals surface area contributed by atoms with Crippen LogP contribution in [0, 0.1) is 0 Å². The molecule has 7 aromatic carbocycles. The number of carbonyl (C=O) groups is 2. The third-order valence-electron chi connectivity index (χ3n) is 12.9. The molecule has 0 fully saturated rings. The molecule has 0 aliphatic rings. The summed E-state index contributed by atoms with van der Waals surface area (Å²) in [4.78, 5) is 35.3. The fourth-order valence-corrected chi connectivity index (χ4v) is 8.49. The summed E-state index contributed by atoms with van der Waals surface area (Å²) in [6, 6.07) is 53.1. The summed E-state index contributed by atoms with van der Waals surface area (Å²) in [5.41, 5.74) is 8.28. The van der Waals surface area contributed by atoms with Crippen LogP contribution >= 0.6 is 0 Å². The highest BCUT2D eigenvalue weighted by atomic mass is 16.5. The van der Waals surface area contributed by atoms with Gasteiger partial charge in [0.15, 0.2) is 0 Å². The topological polar surface area (TPSA) is 95.8 Å². The Morgan fingerprint density at radius 1 is 0.365 bits per heavy atom. The van der Waals surface area contributed by atoms with Crippen LogP contribution in [0.5, 0.6) is 23.0 Å². The largest absolute Gasteiger partial charge is 0.494 e. The van der Waals surface area contributed by atoms with Crippen molar-refractivity contribution < 1.29 is 28.5 Å². The van der Waals surface area contributed by atoms with Gasteiger partial charge in [0.05, 0.1) is 35.7 Å². The Balaban J connectivity index is 0.805. The Kier molecular flexibility index (Phi) is 22.3. The quantitative estimate of drug-likeness (QED) is 0.0193. The standard InChI is InChI=1S/C66H72N2O6/c1-3-5-7-9-11-13-15-17-46-71-61-38-30-55(31-39-61)53-22-26-57(27-23-53)65(69)73-63-42-34-59(35-43-63)67-49-51-20-19-21-52(48-51)50-68-60-36-44-64(45-37-60)74-66(70)58-28-24-54(25-29-58)56-32-40-62(41-33-56)72-47-18-16-14-12-10-8-6-4-2/h19-45,48-50H,3-18,46-47H2,1-2H3. The number of esters is 2. The molecule has 0 N–H and O–H groups in total. The van der Waals surface area contributed by atoms with E-state index in [4.69, 9.17) is 18.9 Å². The molecule has 8 heteroatoms. The lowest BCUT2D eigenvalue weighted by molar-refractivity contribution is 0.0725. The zero-order valence-electron chi connectivity index (χ0n) is 43.4. The summed E-state index contributed by atoms with van der Waals surface area (Å²) in [5.74, 6) is 1.75. The van der Waals surface area contributed by atoms with Crippen LogP contribution in [0.1, 0.15) is 148 Å². The highest BCUT2D eigenvalue weighted by Crippen LogP contribution is 2.27. The van der Waals surface area contributed by atoms with Crippen LogP contribution in [0.25, 0.3) is 22.3 Å². The molecular weight excluding hydrogens is 917 g/mol. The summed E-state index contributed by atoms with van der Waals surface area (Å²) in [6.07, 6.45) is 24.0. The maximum atomic E-state index is 13.0. The fraction of sp³-hybridized carbons (Fsp3) is 0.303. The van der Waals surface area contributed by atoms with E-state index in [0.29, 0.717) is 34.0 Å². The zero-order chi connectivity index (χ0) is 51.4. The lowest BCUT2D eigenvalue weighted by atomic mass is 10.0. The average Bonchev–Trinajstić information content (AvgIpc) is 3.44. The van der Waals surface area contributed by atoms with Gasteiger partial charge in [0.1, 0.15) is 23.0 Å². The minimum absolute atomic E-state index is 0.430. The second-order valence-corrected chi connectivity index (χ2v) is 18.8. The van der Waals surface area contributed by atoms with Crippen LogP contribution in [-0.2, 0) is 0 Å². The lowest BCUT2D eigenvalue weighted by Crippen LogP contribution is -2.08. The number of hydrogen-bond donors (Lipinski definition) is 0. The van der Waals surface area contributed by atoms with Crippen LogP contribution < -0.4 is 18.9 Å². The summed E-state index contributed by atoms with van der Waals surface area (Å²) in [7, 11) is 0. The summed E-state index contributed by atoms with van der Waals surface area (Å²) < 4.78 is 23.3. The third kappa shape index (κ3) is 18.5. The number of unbranched alkanes of at least 4 members (excludes halogenated alkanes) is 14. The molecule has 0 amide bonds. The van der Waals surface area contributed by atoms with Crippen LogP contribution in [-0.4, -0.2) is 37.6 Å². The maximum absolute atomic E-state index is 13.0. The minimum Gasteiger partial charge on any atom is -0.494 e. The molecule has 0 spiro atoms. The Morgan fingerprint density at radius 3 is 1.03 bits per heavy atom. The number of aliphatic imine (C=N–C) groups is 2. The minimum atomic E-state index is -0.430. The van der Waals surface area contributed by atoms with Crippen molar-refractivity contribution >= 4 is 35.7 Å². The zero-order valence-corrected chi connectivity index (χ0v) is 43.4. The predicted molar refractivity (Wildman–Crippen MR) is 304 cm³/mol. The van der Waals surface area contributed by atoms with Crippen molar-refractivity contribution in [3.8, 4) is 45.3 Å². The number of benzene rings is 7. The van der Waals surface area contributed by atoms with Gasteiger partial charge in [0, 0.05) is 12.4 Å². The van der Waals surface area contributed by atoms with Gasteiger partial charge in [-0.05, 0) is 149 Å². The smallest absolute Gasteiger partial charge is 0.343 e. The van der Waals surface area contributed by atoms with E-state index >= 15 is 0 Å². The first-order valence-corrected chi connectivity index (χ1v) is 26.9. The van der Waals surface area contributed by atoms with Crippen LogP contribution in [0.3, 0.4) is 0 Å². The first-order valence-electron chi connectivity index (χ1n) is 26.9. The Bertz CT molecular complexity index is 2610. The molecule has 0 heterocycles. The molecule has 74 heavy (non-hydrogen) atoms. The molecule has 8 nitrogen and oxygen atoms in total. The SMILES string of the molecule is CCCCCCCCCCOc1ccc(-c2ccc(C(=O)Oc3ccc(N=Cc4cccc(C=Nc5ccc(OC(=O)c6ccc(-c7ccc(OCCCCCCCCCC)cc7)cc6)cc5)c4)cc3)cc2)cc1. The van der Waals surface area contributed by atoms with Gasteiger partial charge in [-0.25, -0.2) is 9.59 Å². The van der Waals surface area contributed by atoms with Gasteiger partial charge in [0.25, 0.3) is 0 Å². The van der Waals surface area contributed by atoms with Crippen LogP contribution in [0.4, 0.5) is 11.4 Å². The third-order valence-corrected chi connectivity index (χ3v) is 12.9. The fourth-order valence-electron chi connectivity index (χ4n) is 8.49. The number of rotatable bonds is 30. The predicted octanol–water partition coefficient (Wildman–Crippen LogP) is 18.0. The molecule has 0 bridgehead atoms. The molecule has 0 unspecified atom stereocenters. The van der Waals surface area contributed by atoms with E-state index in [0.717, 1.165) is 70.9 Å². The lowest BCUT2D eigenvalue weighted by Gasteiger charge is -2.08. The number of carbonyl (C=O) groups excluding carboxylic acids is 2. The summed E-state index contributed by atoms with van der Waals surface area (Å²) in [5, 5.41) is 0. The second-order valence-electron chi connectivity index (χ2n) is 18.8. The van der Waals surface area contributed by atoms with Gasteiger partial charge in [-0.1, -0.05) is 170 Å². The normalized spacial score (nSPS) is 11.3. The molecule has 0 saturated heterocycles. The number of hydrogen-bond acceptors (Lipinski definition) is 8. The molecule has 7 rings (SSSR count). The Labute approximate surface area is 439 Å². The van der Waals surface area contributed by atoms with Gasteiger partial charge < -0.3 is 18.9 Å². The average molecular weight is 989 g/mol. The van der Waals surface area contributed by atoms with Crippen molar-refractivity contribution in [1.29, 1.82) is 0 Å². The second kappa shape index (κ2) is 30.5. The molecule has 7 aromatic rings. The highest BCUT2D eigenvalue weighted by molar-refractivity contribution is 5.93. The summed E-state index contributed by atoms with van der Waals surface area (Å²) in [6.45, 7) is 5.98. The maximum Gasteiger partial charge on any atom is 0.343 e. The first-order chi connectivity index (χ1) is 36.4. The molecule has 0 aliphatic carbocycles. The molecule has 0 aromatic heterocycles. The van der Waals surface area contributed by atoms with E-state index in [1.807, 2.05) is 121 Å². The molecule has 0 saturated carbocycles. The van der Waals surface area contributed by atoms with Gasteiger partial charge in [-0.15, -0.1) is 0 Å². The number of nitrogens with zero attached hydrogens (tertiary/aromatic N) is 2. The van der Waals surface area contributed by atoms with E-state index in [1.54, 1.807) is 61.0 Å². The Morgan fingerprint density at radius 2 is 0.676 bits per heavy atom. The van der Waals surface area contributed by atoms with Gasteiger partial charge in [0.2, 0.25) is 0 Å². The first kappa shape index (κ1) is 54.2. The van der Waals surface area contributed by atoms with Gasteiger partial charge in [-0.2, -0.15) is 0 Å². The van der Waals surface area contributed by atoms with Gasteiger partial charge in [-0.3, -0.25) is 9.98 Å². The van der Waals surface area contributed by atoms with Crippen LogP contribution in [0.15, 0.2) is 180 Å². The van der Waals surface area contributed by atoms with E-state index in [9.17, 15) is 9.59 Å². The Hall–Kier alpha value is -7.58. The van der Waals surface area contributed by atoms with Crippen LogP contribution in [0.2, 0.25) is 0 Å². The van der Waals surface area contributed by atoms with E-state index in [1.165, 1.54) is 89.9 Å². The molecule has 0 radical (unpaired) electrons. The van der Waals surface area contributed by atoms with Crippen molar-refractivity contribution in [2.45, 2.75) is 117 Å². The monoisotopic (exact) mass is 989 g/mol. The van der Waals surface area contributed by atoms with Crippen molar-refractivity contribution in [1.82, 2.24) is 0 Å². The number of ether oxygens (including phenoxy) is 4. The van der Waals surface area contributed by atoms with E-state index in [2.05, 4.69) is 23.8 Å². The van der Waals surface area contributed by atoms with Crippen molar-refractivity contribution in [2.24, 2.45) is 9.98 Å². The molecule has 0 atom stereocenters. The van der Waals surface area contributed by atoms with Crippen molar-refractivity contribution in [3.63, 3.8) is 0 Å². The van der Waals surface area contributed by atoms with E-state index in [-0.39, 0.29) is 0 Å². The summed E-state index contributed by atoms with van der Waals surface area (Å²) >= 11 is 0. The molecular formula is C66H72N2O6. The molecule has 0 aliphatic heterocycles. The highest BCUT2D eigenvalue weighted by Gasteiger charge is 2.12. The van der Waals surface area contributed by atoms with E-state index < -0.39 is 11.9 Å². The van der Waals surface area contributed by atoms with Crippen molar-refractivity contribution in [3.05, 3.63) is 192 Å².